The molecule has 1 rings (SSSR count). The van der Waals surface area contributed by atoms with Gasteiger partial charge in [-0.2, -0.15) is 0 Å². The van der Waals surface area contributed by atoms with E-state index in [0.717, 1.165) is 5.33 Å². The van der Waals surface area contributed by atoms with Crippen molar-refractivity contribution in [2.75, 3.05) is 5.33 Å². The minimum atomic E-state index is 0. The molecule has 0 saturated heterocycles. The highest BCUT2D eigenvalue weighted by Crippen LogP contribution is 2.07. The summed E-state index contributed by atoms with van der Waals surface area (Å²) in [5, 5.41) is 1.16. The molecular weight excluding hydrogens is 342 g/mol. The predicted molar refractivity (Wildman–Crippen MR) is 72.8 cm³/mol. The Hall–Kier alpha value is 0.110. The van der Waals surface area contributed by atoms with Crippen molar-refractivity contribution in [3.63, 3.8) is 0 Å². The van der Waals surface area contributed by atoms with E-state index in [1.807, 2.05) is 0 Å². The SMILES string of the molecule is BrCCCCCCCCC[n+]1ccccc1.[Br-]. The Morgan fingerprint density at radius 1 is 0.706 bits per heavy atom. The van der Waals surface area contributed by atoms with Crippen LogP contribution in [0.4, 0.5) is 0 Å². The molecule has 0 aliphatic rings. The molecule has 0 saturated carbocycles. The maximum absolute atomic E-state index is 3.47. The number of aromatic nitrogens is 1. The van der Waals surface area contributed by atoms with Crippen LogP contribution in [0.25, 0.3) is 0 Å². The second-order valence-electron chi connectivity index (χ2n) is 4.28. The molecule has 3 heteroatoms. The molecule has 1 nitrogen and oxygen atoms in total. The first kappa shape index (κ1) is 17.1. The van der Waals surface area contributed by atoms with E-state index >= 15 is 0 Å². The van der Waals surface area contributed by atoms with E-state index in [4.69, 9.17) is 0 Å². The van der Waals surface area contributed by atoms with Crippen LogP contribution in [0.15, 0.2) is 30.6 Å². The van der Waals surface area contributed by atoms with Gasteiger partial charge in [0.2, 0.25) is 0 Å². The van der Waals surface area contributed by atoms with Crippen LogP contribution < -0.4 is 21.5 Å². The summed E-state index contributed by atoms with van der Waals surface area (Å²) in [7, 11) is 0. The van der Waals surface area contributed by atoms with Crippen molar-refractivity contribution in [2.24, 2.45) is 0 Å². The molecule has 0 atom stereocenters. The molecule has 0 bridgehead atoms. The quantitative estimate of drug-likeness (QED) is 0.351. The molecule has 17 heavy (non-hydrogen) atoms. The van der Waals surface area contributed by atoms with Crippen molar-refractivity contribution < 1.29 is 21.5 Å². The van der Waals surface area contributed by atoms with Crippen LogP contribution in [0, 0.1) is 0 Å². The van der Waals surface area contributed by atoms with Gasteiger partial charge in [-0.25, -0.2) is 4.57 Å². The highest BCUT2D eigenvalue weighted by molar-refractivity contribution is 9.09. The molecule has 0 unspecified atom stereocenters. The predicted octanol–water partition coefficient (Wildman–Crippen LogP) is 1.10. The number of hydrogen-bond donors (Lipinski definition) is 0. The number of aryl methyl sites for hydroxylation is 1. The fourth-order valence-electron chi connectivity index (χ4n) is 1.86. The number of rotatable bonds is 9. The molecule has 1 aromatic heterocycles. The molecular formula is C14H23Br2N. The first-order valence-corrected chi connectivity index (χ1v) is 7.55. The topological polar surface area (TPSA) is 3.88 Å². The molecule has 98 valence electrons. The molecule has 0 radical (unpaired) electrons. The zero-order chi connectivity index (χ0) is 11.5. The molecule has 0 aliphatic carbocycles. The van der Waals surface area contributed by atoms with Crippen LogP contribution in [0.5, 0.6) is 0 Å². The maximum Gasteiger partial charge on any atom is 0.168 e. The second kappa shape index (κ2) is 12.6. The molecule has 0 spiro atoms. The third-order valence-corrected chi connectivity index (χ3v) is 3.39. The Morgan fingerprint density at radius 3 is 1.82 bits per heavy atom. The van der Waals surface area contributed by atoms with E-state index in [2.05, 4.69) is 51.1 Å². The Bertz CT molecular complexity index is 252. The Kier molecular flexibility index (Phi) is 12.6. The normalized spacial score (nSPS) is 9.94. The van der Waals surface area contributed by atoms with Crippen LogP contribution >= 0.6 is 15.9 Å². The van der Waals surface area contributed by atoms with Gasteiger partial charge in [-0.3, -0.25) is 0 Å². The molecule has 0 aromatic carbocycles. The van der Waals surface area contributed by atoms with Crippen molar-refractivity contribution in [3.05, 3.63) is 30.6 Å². The van der Waals surface area contributed by atoms with Gasteiger partial charge >= 0.3 is 0 Å². The minimum Gasteiger partial charge on any atom is -1.00 e. The van der Waals surface area contributed by atoms with Crippen LogP contribution in [0.1, 0.15) is 44.9 Å². The summed E-state index contributed by atoms with van der Waals surface area (Å²) in [5.74, 6) is 0. The van der Waals surface area contributed by atoms with Gasteiger partial charge in [-0.1, -0.05) is 47.7 Å². The number of halogens is 2. The van der Waals surface area contributed by atoms with Crippen molar-refractivity contribution in [2.45, 2.75) is 51.5 Å². The highest BCUT2D eigenvalue weighted by Gasteiger charge is 1.97. The third-order valence-electron chi connectivity index (χ3n) is 2.83. The van der Waals surface area contributed by atoms with Crippen LogP contribution in [0.2, 0.25) is 0 Å². The van der Waals surface area contributed by atoms with E-state index in [9.17, 15) is 0 Å². The lowest BCUT2D eigenvalue weighted by Gasteiger charge is -1.99. The summed E-state index contributed by atoms with van der Waals surface area (Å²) in [5.41, 5.74) is 0. The van der Waals surface area contributed by atoms with Crippen molar-refractivity contribution in [3.8, 4) is 0 Å². The number of alkyl halides is 1. The largest absolute Gasteiger partial charge is 1.00 e. The van der Waals surface area contributed by atoms with Gasteiger partial charge in [0.25, 0.3) is 0 Å². The first-order valence-electron chi connectivity index (χ1n) is 6.43. The third kappa shape index (κ3) is 9.78. The summed E-state index contributed by atoms with van der Waals surface area (Å²) in [6, 6.07) is 6.26. The van der Waals surface area contributed by atoms with Crippen LogP contribution in [-0.4, -0.2) is 5.33 Å². The number of unbranched alkanes of at least 4 members (excludes halogenated alkanes) is 6. The summed E-state index contributed by atoms with van der Waals surface area (Å²) < 4.78 is 2.27. The number of hydrogen-bond acceptors (Lipinski definition) is 0. The van der Waals surface area contributed by atoms with E-state index in [1.165, 1.54) is 51.5 Å². The monoisotopic (exact) mass is 363 g/mol. The lowest BCUT2D eigenvalue weighted by Crippen LogP contribution is -3.00. The average molecular weight is 365 g/mol. The van der Waals surface area contributed by atoms with Gasteiger partial charge in [-0.05, 0) is 12.8 Å². The van der Waals surface area contributed by atoms with E-state index in [0.29, 0.717) is 0 Å². The second-order valence-corrected chi connectivity index (χ2v) is 5.07. The zero-order valence-corrected chi connectivity index (χ0v) is 13.6. The summed E-state index contributed by atoms with van der Waals surface area (Å²) in [4.78, 5) is 0. The summed E-state index contributed by atoms with van der Waals surface area (Å²) in [6.45, 7) is 1.17. The molecule has 0 aliphatic heterocycles. The van der Waals surface area contributed by atoms with Gasteiger partial charge in [-0.15, -0.1) is 0 Å². The van der Waals surface area contributed by atoms with E-state index in [-0.39, 0.29) is 17.0 Å². The Labute approximate surface area is 125 Å². The molecule has 1 heterocycles. The fourth-order valence-corrected chi connectivity index (χ4v) is 2.25. The van der Waals surface area contributed by atoms with Crippen LogP contribution in [0.3, 0.4) is 0 Å². The zero-order valence-electron chi connectivity index (χ0n) is 10.5. The fraction of sp³-hybridized carbons (Fsp3) is 0.643. The van der Waals surface area contributed by atoms with Crippen molar-refractivity contribution in [1.82, 2.24) is 0 Å². The molecule has 0 fully saturated rings. The lowest BCUT2D eigenvalue weighted by atomic mass is 10.1. The van der Waals surface area contributed by atoms with Gasteiger partial charge in [0.1, 0.15) is 6.54 Å². The minimum absolute atomic E-state index is 0. The first-order chi connectivity index (χ1) is 7.93. The summed E-state index contributed by atoms with van der Waals surface area (Å²) >= 11 is 3.47. The van der Waals surface area contributed by atoms with Gasteiger partial charge < -0.3 is 17.0 Å². The van der Waals surface area contributed by atoms with Crippen molar-refractivity contribution in [1.29, 1.82) is 0 Å². The Balaban J connectivity index is 0.00000256. The molecule has 0 amide bonds. The van der Waals surface area contributed by atoms with Gasteiger partial charge in [0, 0.05) is 23.9 Å². The van der Waals surface area contributed by atoms with E-state index < -0.39 is 0 Å². The smallest absolute Gasteiger partial charge is 0.168 e. The molecule has 0 N–H and O–H groups in total. The van der Waals surface area contributed by atoms with Gasteiger partial charge in [0.05, 0.1) is 0 Å². The average Bonchev–Trinajstić information content (AvgIpc) is 2.34. The van der Waals surface area contributed by atoms with Crippen LogP contribution in [-0.2, 0) is 6.54 Å². The number of nitrogens with zero attached hydrogens (tertiary/aromatic N) is 1. The summed E-state index contributed by atoms with van der Waals surface area (Å²) in [6.07, 6.45) is 13.9. The van der Waals surface area contributed by atoms with E-state index in [1.54, 1.807) is 0 Å². The maximum atomic E-state index is 3.47. The highest BCUT2D eigenvalue weighted by atomic mass is 79.9. The van der Waals surface area contributed by atoms with Gasteiger partial charge in [0.15, 0.2) is 12.4 Å². The lowest BCUT2D eigenvalue weighted by molar-refractivity contribution is -0.697. The Morgan fingerprint density at radius 2 is 1.24 bits per heavy atom. The molecule has 1 aromatic rings. The van der Waals surface area contributed by atoms with Crippen molar-refractivity contribution >= 4 is 15.9 Å². The number of pyridine rings is 1. The standard InChI is InChI=1S/C14H23BrN.BrH/c15-11-7-4-2-1-3-5-8-12-16-13-9-6-10-14-16;/h6,9-10,13-14H,1-5,7-8,11-12H2;1H/q+1;/p-1.